The van der Waals surface area contributed by atoms with E-state index >= 15 is 0 Å². The van der Waals surface area contributed by atoms with Crippen molar-refractivity contribution >= 4 is 0 Å². The molecule has 15 heavy (non-hydrogen) atoms. The minimum atomic E-state index is 0.213. The number of rotatable bonds is 2. The summed E-state index contributed by atoms with van der Waals surface area (Å²) in [5, 5.41) is 7.58. The summed E-state index contributed by atoms with van der Waals surface area (Å²) in [7, 11) is 3.99. The summed E-state index contributed by atoms with van der Waals surface area (Å²) < 4.78 is 7.70. The van der Waals surface area contributed by atoms with E-state index in [0.717, 1.165) is 19.4 Å². The molecule has 0 aliphatic carbocycles. The Morgan fingerprint density at radius 1 is 1.60 bits per heavy atom. The van der Waals surface area contributed by atoms with Crippen LogP contribution in [0.3, 0.4) is 0 Å². The third-order valence-electron chi connectivity index (χ3n) is 3.31. The van der Waals surface area contributed by atoms with Gasteiger partial charge in [0.05, 0.1) is 12.3 Å². The second kappa shape index (κ2) is 4.33. The maximum absolute atomic E-state index is 5.80. The van der Waals surface area contributed by atoms with Gasteiger partial charge in [-0.15, -0.1) is 0 Å². The molecule has 0 bridgehead atoms. The van der Waals surface area contributed by atoms with E-state index in [-0.39, 0.29) is 6.10 Å². The maximum atomic E-state index is 5.80. The maximum Gasteiger partial charge on any atom is 0.0872 e. The molecule has 1 N–H and O–H groups in total. The van der Waals surface area contributed by atoms with E-state index in [1.807, 2.05) is 25.0 Å². The Hall–Kier alpha value is -0.870. The van der Waals surface area contributed by atoms with E-state index in [1.165, 1.54) is 11.3 Å². The summed E-state index contributed by atoms with van der Waals surface area (Å²) in [6.45, 7) is 2.93. The Morgan fingerprint density at radius 3 is 3.00 bits per heavy atom. The largest absolute Gasteiger partial charge is 0.373 e. The molecule has 1 aliphatic rings. The van der Waals surface area contributed by atoms with Crippen LogP contribution in [0.2, 0.25) is 0 Å². The number of nitrogens with one attached hydrogen (secondary N) is 1. The van der Waals surface area contributed by atoms with Crippen molar-refractivity contribution in [1.82, 2.24) is 15.1 Å². The summed E-state index contributed by atoms with van der Waals surface area (Å²) in [5.74, 6) is 0. The molecule has 0 aromatic carbocycles. The van der Waals surface area contributed by atoms with Gasteiger partial charge in [-0.05, 0) is 26.8 Å². The molecule has 2 atom stereocenters. The number of nitrogens with zero attached hydrogens (tertiary/aromatic N) is 2. The monoisotopic (exact) mass is 209 g/mol. The van der Waals surface area contributed by atoms with Crippen molar-refractivity contribution in [3.05, 3.63) is 17.5 Å². The van der Waals surface area contributed by atoms with E-state index < -0.39 is 0 Å². The van der Waals surface area contributed by atoms with Crippen LogP contribution in [0.4, 0.5) is 0 Å². The molecule has 4 nitrogen and oxygen atoms in total. The summed E-state index contributed by atoms with van der Waals surface area (Å²) in [5.41, 5.74) is 2.44. The van der Waals surface area contributed by atoms with Gasteiger partial charge >= 0.3 is 0 Å². The smallest absolute Gasteiger partial charge is 0.0872 e. The molecule has 1 saturated heterocycles. The van der Waals surface area contributed by atoms with Gasteiger partial charge in [-0.25, -0.2) is 0 Å². The molecule has 2 rings (SSSR count). The average Bonchev–Trinajstić information content (AvgIpc) is 2.60. The number of hydrogen-bond acceptors (Lipinski definition) is 3. The van der Waals surface area contributed by atoms with Crippen LogP contribution >= 0.6 is 0 Å². The van der Waals surface area contributed by atoms with E-state index in [1.54, 1.807) is 0 Å². The van der Waals surface area contributed by atoms with Gasteiger partial charge in [0.2, 0.25) is 0 Å². The summed E-state index contributed by atoms with van der Waals surface area (Å²) in [6.07, 6.45) is 4.29. The number of hydrogen-bond donors (Lipinski definition) is 1. The first-order chi connectivity index (χ1) is 7.22. The SMILES string of the molecule is CNC1CCOC(c2cnn(C)c2C)C1. The average molecular weight is 209 g/mol. The molecule has 2 heterocycles. The zero-order valence-electron chi connectivity index (χ0n) is 9.66. The van der Waals surface area contributed by atoms with Crippen molar-refractivity contribution in [3.63, 3.8) is 0 Å². The van der Waals surface area contributed by atoms with Crippen LogP contribution in [-0.4, -0.2) is 29.5 Å². The van der Waals surface area contributed by atoms with Crippen LogP contribution in [0, 0.1) is 6.92 Å². The third-order valence-corrected chi connectivity index (χ3v) is 3.31. The summed E-state index contributed by atoms with van der Waals surface area (Å²) in [4.78, 5) is 0. The van der Waals surface area contributed by atoms with Crippen LogP contribution in [0.25, 0.3) is 0 Å². The number of aryl methyl sites for hydroxylation is 1. The highest BCUT2D eigenvalue weighted by Crippen LogP contribution is 2.29. The molecule has 0 spiro atoms. The van der Waals surface area contributed by atoms with Crippen molar-refractivity contribution in [2.75, 3.05) is 13.7 Å². The normalized spacial score (nSPS) is 26.9. The lowest BCUT2D eigenvalue weighted by atomic mass is 9.98. The molecule has 2 unspecified atom stereocenters. The fourth-order valence-corrected chi connectivity index (χ4v) is 2.11. The first-order valence-corrected chi connectivity index (χ1v) is 5.49. The molecule has 0 amide bonds. The first kappa shape index (κ1) is 10.6. The fourth-order valence-electron chi connectivity index (χ4n) is 2.11. The summed E-state index contributed by atoms with van der Waals surface area (Å²) in [6, 6.07) is 0.573. The highest BCUT2D eigenvalue weighted by Gasteiger charge is 2.25. The van der Waals surface area contributed by atoms with Crippen LogP contribution in [-0.2, 0) is 11.8 Å². The van der Waals surface area contributed by atoms with E-state index in [9.17, 15) is 0 Å². The Bertz CT molecular complexity index is 335. The molecule has 0 saturated carbocycles. The van der Waals surface area contributed by atoms with Gasteiger partial charge in [-0.3, -0.25) is 4.68 Å². The quantitative estimate of drug-likeness (QED) is 0.794. The van der Waals surface area contributed by atoms with Gasteiger partial charge in [-0.2, -0.15) is 5.10 Å². The Labute approximate surface area is 90.6 Å². The molecule has 1 aliphatic heterocycles. The second-order valence-electron chi connectivity index (χ2n) is 4.18. The van der Waals surface area contributed by atoms with Crippen molar-refractivity contribution in [2.45, 2.75) is 31.9 Å². The van der Waals surface area contributed by atoms with E-state index in [2.05, 4.69) is 17.3 Å². The predicted octanol–water partition coefficient (Wildman–Crippen LogP) is 1.17. The Balaban J connectivity index is 2.13. The molecular formula is C11H19N3O. The van der Waals surface area contributed by atoms with Crippen molar-refractivity contribution < 1.29 is 4.74 Å². The van der Waals surface area contributed by atoms with Crippen LogP contribution < -0.4 is 5.32 Å². The van der Waals surface area contributed by atoms with E-state index in [0.29, 0.717) is 6.04 Å². The van der Waals surface area contributed by atoms with Crippen LogP contribution in [0.15, 0.2) is 6.20 Å². The zero-order valence-corrected chi connectivity index (χ0v) is 9.66. The van der Waals surface area contributed by atoms with Crippen LogP contribution in [0.5, 0.6) is 0 Å². The van der Waals surface area contributed by atoms with Gasteiger partial charge in [0.25, 0.3) is 0 Å². The van der Waals surface area contributed by atoms with Gasteiger partial charge < -0.3 is 10.1 Å². The number of aromatic nitrogens is 2. The third kappa shape index (κ3) is 2.06. The van der Waals surface area contributed by atoms with Crippen molar-refractivity contribution in [2.24, 2.45) is 7.05 Å². The minimum absolute atomic E-state index is 0.213. The fraction of sp³-hybridized carbons (Fsp3) is 0.727. The number of ether oxygens (including phenoxy) is 1. The predicted molar refractivity (Wildman–Crippen MR) is 58.7 cm³/mol. The molecular weight excluding hydrogens is 190 g/mol. The Kier molecular flexibility index (Phi) is 3.07. The lowest BCUT2D eigenvalue weighted by molar-refractivity contribution is 0.00115. The van der Waals surface area contributed by atoms with Crippen molar-refractivity contribution in [1.29, 1.82) is 0 Å². The van der Waals surface area contributed by atoms with Crippen LogP contribution in [0.1, 0.15) is 30.2 Å². The van der Waals surface area contributed by atoms with Gasteiger partial charge in [0, 0.05) is 31.0 Å². The van der Waals surface area contributed by atoms with Gasteiger partial charge in [-0.1, -0.05) is 0 Å². The molecule has 4 heteroatoms. The lowest BCUT2D eigenvalue weighted by Crippen LogP contribution is -2.33. The highest BCUT2D eigenvalue weighted by molar-refractivity contribution is 5.19. The molecule has 0 radical (unpaired) electrons. The first-order valence-electron chi connectivity index (χ1n) is 5.49. The highest BCUT2D eigenvalue weighted by atomic mass is 16.5. The Morgan fingerprint density at radius 2 is 2.40 bits per heavy atom. The topological polar surface area (TPSA) is 39.1 Å². The lowest BCUT2D eigenvalue weighted by Gasteiger charge is -2.29. The van der Waals surface area contributed by atoms with Gasteiger partial charge in [0.15, 0.2) is 0 Å². The van der Waals surface area contributed by atoms with E-state index in [4.69, 9.17) is 4.74 Å². The molecule has 1 aromatic heterocycles. The summed E-state index contributed by atoms with van der Waals surface area (Å²) >= 11 is 0. The molecule has 1 aromatic rings. The second-order valence-corrected chi connectivity index (χ2v) is 4.18. The zero-order chi connectivity index (χ0) is 10.8. The van der Waals surface area contributed by atoms with Gasteiger partial charge in [0.1, 0.15) is 0 Å². The molecule has 1 fully saturated rings. The molecule has 84 valence electrons. The van der Waals surface area contributed by atoms with Crippen molar-refractivity contribution in [3.8, 4) is 0 Å². The standard InChI is InChI=1S/C11H19N3O/c1-8-10(7-13-14(8)3)11-6-9(12-2)4-5-15-11/h7,9,11-12H,4-6H2,1-3H3. The minimum Gasteiger partial charge on any atom is -0.373 e.